The first-order valence-corrected chi connectivity index (χ1v) is 31.5. The summed E-state index contributed by atoms with van der Waals surface area (Å²) in [4.78, 5) is 0. The third kappa shape index (κ3) is 7.10. The normalized spacial score (nSPS) is 12.0. The van der Waals surface area contributed by atoms with Crippen molar-refractivity contribution in [3.63, 3.8) is 0 Å². The molecule has 0 bridgehead atoms. The lowest BCUT2D eigenvalue weighted by atomic mass is 9.94. The highest BCUT2D eigenvalue weighted by molar-refractivity contribution is 6.30. The largest absolute Gasteiger partial charge is 0.455 e. The van der Waals surface area contributed by atoms with Crippen LogP contribution in [0.4, 0.5) is 0 Å². The zero-order chi connectivity index (χ0) is 62.9. The van der Waals surface area contributed by atoms with Crippen LogP contribution in [-0.2, 0) is 0 Å². The average molecular weight is 1210 g/mol. The molecule has 0 N–H and O–H groups in total. The van der Waals surface area contributed by atoms with E-state index in [1.54, 1.807) is 0 Å². The molecule has 0 saturated heterocycles. The number of benzene rings is 15. The summed E-state index contributed by atoms with van der Waals surface area (Å²) in [6, 6.07) is 102. The molecular weight excluding hydrogens is 1160 g/mol. The Morgan fingerprint density at radius 2 is 0.547 bits per heavy atom. The van der Waals surface area contributed by atoms with E-state index in [0.29, 0.717) is 45.0 Å². The first-order valence-electron chi connectivity index (χ1n) is 31.5. The number of fused-ring (bicyclic) bond motifs is 24. The molecule has 0 unspecified atom stereocenters. The summed E-state index contributed by atoms with van der Waals surface area (Å²) in [5.74, 6) is 0. The molecule has 5 heterocycles. The quantitative estimate of drug-likeness (QED) is 0.170. The highest BCUT2D eigenvalue weighted by Gasteiger charge is 2.27. The number of rotatable bonds is 5. The van der Waals surface area contributed by atoms with Gasteiger partial charge < -0.3 is 22.7 Å². The molecule has 0 aliphatic rings. The summed E-state index contributed by atoms with van der Waals surface area (Å²) < 4.78 is 15.2. The third-order valence-corrected chi connectivity index (χ3v) is 20.0. The maximum Gasteiger partial charge on any atom is 0.145 e. The van der Waals surface area contributed by atoms with Gasteiger partial charge in [-0.05, 0) is 151 Å². The summed E-state index contributed by atoms with van der Waals surface area (Å²) in [5.41, 5.74) is 15.2. The van der Waals surface area contributed by atoms with Crippen molar-refractivity contribution in [2.24, 2.45) is 0 Å². The second kappa shape index (κ2) is 19.4. The second-order valence-corrected chi connectivity index (χ2v) is 24.7. The van der Waals surface area contributed by atoms with Crippen molar-refractivity contribution in [1.29, 1.82) is 21.0 Å². The van der Waals surface area contributed by atoms with Crippen LogP contribution in [0.2, 0.25) is 0 Å². The molecule has 0 fully saturated rings. The lowest BCUT2D eigenvalue weighted by Gasteiger charge is -2.16. The zero-order valence-corrected chi connectivity index (χ0v) is 50.4. The number of hydrogen-bond acceptors (Lipinski definition) is 5. The van der Waals surface area contributed by atoms with Crippen molar-refractivity contribution < 1.29 is 4.42 Å². The van der Waals surface area contributed by atoms with Gasteiger partial charge in [-0.15, -0.1) is 0 Å². The molecule has 0 aliphatic heterocycles. The molecule has 20 rings (SSSR count). The van der Waals surface area contributed by atoms with Gasteiger partial charge in [0.1, 0.15) is 35.4 Å². The third-order valence-electron chi connectivity index (χ3n) is 20.0. The summed E-state index contributed by atoms with van der Waals surface area (Å²) in [6.45, 7) is 0. The highest BCUT2D eigenvalue weighted by Crippen LogP contribution is 2.47. The Balaban J connectivity index is 0.765. The van der Waals surface area contributed by atoms with Crippen LogP contribution < -0.4 is 0 Å². The SMILES string of the molecule is N#Cc1cc(-n2c3ccccc3c3c4oc5ccccc5c4ccc32)c(C#N)cc1-n1c2ccccc2c2c3cc(-c4ccc5ccc6c(c5c4)c4c5ccccc5ccc4n6-c4cc(C#N)c(-n5c6ccccc6c6c7ccccc7ccc65)cc4C#N)ccc3ccc21. The Labute approximate surface area is 540 Å². The van der Waals surface area contributed by atoms with E-state index in [1.807, 2.05) is 66.7 Å². The summed E-state index contributed by atoms with van der Waals surface area (Å²) >= 11 is 0. The number of furan rings is 1. The van der Waals surface area contributed by atoms with Crippen molar-refractivity contribution in [3.8, 4) is 58.2 Å². The number of aromatic nitrogens is 4. The van der Waals surface area contributed by atoms with Gasteiger partial charge in [0.25, 0.3) is 0 Å². The first-order chi connectivity index (χ1) is 47.0. The maximum atomic E-state index is 11.4. The molecule has 0 saturated carbocycles. The molecule has 9 heteroatoms. The summed E-state index contributed by atoms with van der Waals surface area (Å²) in [7, 11) is 0. The lowest BCUT2D eigenvalue weighted by Crippen LogP contribution is -2.04. The van der Waals surface area contributed by atoms with Crippen molar-refractivity contribution in [2.45, 2.75) is 0 Å². The van der Waals surface area contributed by atoms with E-state index in [4.69, 9.17) is 4.42 Å². The minimum atomic E-state index is 0.418. The molecule has 15 aromatic carbocycles. The van der Waals surface area contributed by atoms with Crippen LogP contribution in [0.5, 0.6) is 0 Å². The smallest absolute Gasteiger partial charge is 0.145 e. The predicted molar refractivity (Wildman–Crippen MR) is 385 cm³/mol. The standard InChI is InChI=1S/C86H44N8O/c87-45-55-42-78(93-70-23-11-7-20-65(70)85-75(93)38-33-62-61-17-8-12-24-80(61)95-86(62)85)56(46-88)41-77(55)92-69-22-10-6-19-64(69)82-66-39-53(27-25-51(66)31-35-72(82)92)54-28-26-52-32-37-74-84(67(52)40-54)83-60-16-4-2-14-50(60)30-36-73(83)94(74)79-44-57(47-89)76(43-58(79)48-90)91-68-21-9-5-18-63(68)81-59-15-3-1-13-49(59)29-34-71(81)91/h1-44H. The molecule has 5 aromatic heterocycles. The molecule has 95 heavy (non-hydrogen) atoms. The second-order valence-electron chi connectivity index (χ2n) is 24.7. The lowest BCUT2D eigenvalue weighted by molar-refractivity contribution is 0.673. The van der Waals surface area contributed by atoms with E-state index >= 15 is 0 Å². The van der Waals surface area contributed by atoms with E-state index in [1.165, 1.54) is 0 Å². The average Bonchev–Trinajstić information content (AvgIpc) is 1.60. The van der Waals surface area contributed by atoms with Crippen LogP contribution >= 0.6 is 0 Å². The zero-order valence-electron chi connectivity index (χ0n) is 50.4. The van der Waals surface area contributed by atoms with Crippen LogP contribution in [0.15, 0.2) is 271 Å². The van der Waals surface area contributed by atoms with Gasteiger partial charge in [0.2, 0.25) is 0 Å². The molecular formula is C86H44N8O. The fraction of sp³-hybridized carbons (Fsp3) is 0. The molecule has 0 radical (unpaired) electrons. The van der Waals surface area contributed by atoms with Gasteiger partial charge in [-0.3, -0.25) is 0 Å². The van der Waals surface area contributed by atoms with Gasteiger partial charge in [-0.25, -0.2) is 0 Å². The number of nitriles is 4. The van der Waals surface area contributed by atoms with Crippen molar-refractivity contribution in [1.82, 2.24) is 18.3 Å². The Morgan fingerprint density at radius 1 is 0.232 bits per heavy atom. The Kier molecular flexibility index (Phi) is 10.6. The number of para-hydroxylation sites is 4. The van der Waals surface area contributed by atoms with E-state index in [0.717, 1.165) is 163 Å². The fourth-order valence-electron chi connectivity index (χ4n) is 16.0. The summed E-state index contributed by atoms with van der Waals surface area (Å²) in [5, 5.41) is 64.2. The maximum absolute atomic E-state index is 11.4. The van der Waals surface area contributed by atoms with Crippen LogP contribution in [0.1, 0.15) is 22.3 Å². The van der Waals surface area contributed by atoms with Gasteiger partial charge in [0, 0.05) is 48.5 Å². The van der Waals surface area contributed by atoms with E-state index in [-0.39, 0.29) is 0 Å². The Bertz CT molecular complexity index is 7100. The van der Waals surface area contributed by atoms with Gasteiger partial charge in [-0.1, -0.05) is 170 Å². The highest BCUT2D eigenvalue weighted by atomic mass is 16.3. The molecule has 0 atom stereocenters. The molecule has 20 aromatic rings. The van der Waals surface area contributed by atoms with Gasteiger partial charge in [0.05, 0.1) is 94.5 Å². The number of nitrogens with zero attached hydrogens (tertiary/aromatic N) is 8. The predicted octanol–water partition coefficient (Wildman–Crippen LogP) is 21.7. The molecule has 0 amide bonds. The summed E-state index contributed by atoms with van der Waals surface area (Å²) in [6.07, 6.45) is 0. The van der Waals surface area contributed by atoms with Crippen LogP contribution in [0.3, 0.4) is 0 Å². The van der Waals surface area contributed by atoms with Crippen molar-refractivity contribution >= 4 is 152 Å². The number of hydrogen-bond donors (Lipinski definition) is 0. The van der Waals surface area contributed by atoms with Crippen molar-refractivity contribution in [3.05, 3.63) is 289 Å². The molecule has 0 spiro atoms. The van der Waals surface area contributed by atoms with Crippen molar-refractivity contribution in [2.75, 3.05) is 0 Å². The van der Waals surface area contributed by atoms with Gasteiger partial charge >= 0.3 is 0 Å². The molecule has 0 aliphatic carbocycles. The van der Waals surface area contributed by atoms with E-state index in [2.05, 4.69) is 243 Å². The minimum Gasteiger partial charge on any atom is -0.455 e. The fourth-order valence-corrected chi connectivity index (χ4v) is 16.0. The minimum absolute atomic E-state index is 0.418. The van der Waals surface area contributed by atoms with Gasteiger partial charge in [-0.2, -0.15) is 21.0 Å². The topological polar surface area (TPSA) is 128 Å². The van der Waals surface area contributed by atoms with E-state index < -0.39 is 0 Å². The van der Waals surface area contributed by atoms with Crippen LogP contribution in [0, 0.1) is 45.3 Å². The Hall–Kier alpha value is -13.7. The van der Waals surface area contributed by atoms with E-state index in [9.17, 15) is 21.0 Å². The molecule has 434 valence electrons. The molecule has 9 nitrogen and oxygen atoms in total. The van der Waals surface area contributed by atoms with Gasteiger partial charge in [0.15, 0.2) is 0 Å². The van der Waals surface area contributed by atoms with Crippen LogP contribution in [-0.4, -0.2) is 18.3 Å². The Morgan fingerprint density at radius 3 is 1.02 bits per heavy atom. The monoisotopic (exact) mass is 1200 g/mol. The van der Waals surface area contributed by atoms with Crippen LogP contribution in [0.25, 0.3) is 186 Å². The first kappa shape index (κ1) is 52.1.